The van der Waals surface area contributed by atoms with Crippen LogP contribution < -0.4 is 10.2 Å². The van der Waals surface area contributed by atoms with Crippen molar-refractivity contribution in [2.75, 3.05) is 37.4 Å². The average molecular weight is 428 g/mol. The highest BCUT2D eigenvalue weighted by atomic mass is 35.5. The number of carbonyl (C=O) groups is 1. The minimum Gasteiger partial charge on any atom is -0.376 e. The molecular weight excluding hydrogens is 406 g/mol. The molecule has 0 unspecified atom stereocenters. The van der Waals surface area contributed by atoms with Crippen LogP contribution in [0.5, 0.6) is 0 Å². The van der Waals surface area contributed by atoms with Crippen molar-refractivity contribution in [1.29, 1.82) is 0 Å². The number of sulfonamides is 1. The highest BCUT2D eigenvalue weighted by molar-refractivity contribution is 7.91. The number of anilines is 2. The largest absolute Gasteiger partial charge is 0.376 e. The molecule has 0 atom stereocenters. The van der Waals surface area contributed by atoms with E-state index in [9.17, 15) is 13.2 Å². The van der Waals surface area contributed by atoms with E-state index in [2.05, 4.69) is 5.32 Å². The summed E-state index contributed by atoms with van der Waals surface area (Å²) in [5, 5.41) is 5.25. The summed E-state index contributed by atoms with van der Waals surface area (Å²) in [6.45, 7) is 0.683. The molecule has 27 heavy (non-hydrogen) atoms. The Bertz CT molecular complexity index is 906. The molecule has 1 aliphatic rings. The molecule has 3 rings (SSSR count). The maximum Gasteiger partial charge on any atom is 0.252 e. The number of piperidine rings is 1. The zero-order valence-electron chi connectivity index (χ0n) is 15.2. The molecule has 1 N–H and O–H groups in total. The number of hydrogen-bond donors (Lipinski definition) is 1. The topological polar surface area (TPSA) is 69.7 Å². The normalized spacial score (nSPS) is 16.3. The third kappa shape index (κ3) is 4.45. The molecule has 0 aliphatic carbocycles. The summed E-state index contributed by atoms with van der Waals surface area (Å²) in [5.74, 6) is -0.331. The summed E-state index contributed by atoms with van der Waals surface area (Å²) in [7, 11) is 0.337. The van der Waals surface area contributed by atoms with Crippen LogP contribution in [0, 0.1) is 5.92 Å². The summed E-state index contributed by atoms with van der Waals surface area (Å²) in [4.78, 5) is 14.6. The molecule has 0 radical (unpaired) electrons. The van der Waals surface area contributed by atoms with Crippen LogP contribution >= 0.6 is 22.9 Å². The van der Waals surface area contributed by atoms with Gasteiger partial charge in [0.05, 0.1) is 11.4 Å². The van der Waals surface area contributed by atoms with Crippen molar-refractivity contribution in [1.82, 2.24) is 4.31 Å². The lowest BCUT2D eigenvalue weighted by Gasteiger charge is -2.30. The number of benzene rings is 1. The number of carbonyl (C=O) groups excluding carboxylic acids is 1. The van der Waals surface area contributed by atoms with Crippen molar-refractivity contribution in [2.24, 2.45) is 5.92 Å². The van der Waals surface area contributed by atoms with Gasteiger partial charge in [-0.15, -0.1) is 11.3 Å². The van der Waals surface area contributed by atoms with Crippen molar-refractivity contribution in [2.45, 2.75) is 17.1 Å². The first-order valence-electron chi connectivity index (χ1n) is 8.60. The van der Waals surface area contributed by atoms with Crippen molar-refractivity contribution >= 4 is 50.2 Å². The number of thiophene rings is 1. The second-order valence-corrected chi connectivity index (χ2v) is 10.2. The van der Waals surface area contributed by atoms with Gasteiger partial charge in [-0.2, -0.15) is 4.31 Å². The first-order valence-corrected chi connectivity index (χ1v) is 11.3. The molecule has 1 amide bonds. The molecule has 1 aromatic heterocycles. The van der Waals surface area contributed by atoms with E-state index in [0.717, 1.165) is 5.69 Å². The molecule has 1 aliphatic heterocycles. The van der Waals surface area contributed by atoms with Crippen LogP contribution in [0.15, 0.2) is 39.9 Å². The Labute approximate surface area is 168 Å². The standard InChI is InChI=1S/C18H22ClN3O3S2/c1-21(2)16-6-5-14(19)12-15(16)20-18(23)13-7-9-22(10-8-13)27(24,25)17-4-3-11-26-17/h3-6,11-13H,7-10H2,1-2H3,(H,20,23). The SMILES string of the molecule is CN(C)c1ccc(Cl)cc1NC(=O)C1CCN(S(=O)(=O)c2cccs2)CC1. The lowest BCUT2D eigenvalue weighted by Crippen LogP contribution is -2.41. The van der Waals surface area contributed by atoms with E-state index in [1.54, 1.807) is 29.6 Å². The number of rotatable bonds is 5. The highest BCUT2D eigenvalue weighted by Crippen LogP contribution is 2.30. The maximum absolute atomic E-state index is 12.7. The van der Waals surface area contributed by atoms with Crippen molar-refractivity contribution in [3.8, 4) is 0 Å². The smallest absolute Gasteiger partial charge is 0.252 e. The first kappa shape index (κ1) is 20.1. The van der Waals surface area contributed by atoms with Crippen LogP contribution in [0.3, 0.4) is 0 Å². The zero-order chi connectivity index (χ0) is 19.6. The van der Waals surface area contributed by atoms with E-state index in [0.29, 0.717) is 40.9 Å². The average Bonchev–Trinajstić information content (AvgIpc) is 3.17. The molecule has 146 valence electrons. The second kappa shape index (κ2) is 8.18. The van der Waals surface area contributed by atoms with Gasteiger partial charge in [-0.1, -0.05) is 17.7 Å². The monoisotopic (exact) mass is 427 g/mol. The molecule has 6 nitrogen and oxygen atoms in total. The summed E-state index contributed by atoms with van der Waals surface area (Å²) >= 11 is 7.28. The molecule has 2 aromatic rings. The van der Waals surface area contributed by atoms with Gasteiger partial charge in [-0.3, -0.25) is 4.79 Å². The Hall–Kier alpha value is -1.61. The van der Waals surface area contributed by atoms with Gasteiger partial charge < -0.3 is 10.2 Å². The molecule has 1 aromatic carbocycles. The van der Waals surface area contributed by atoms with Crippen LogP contribution in [-0.2, 0) is 14.8 Å². The van der Waals surface area contributed by atoms with E-state index in [1.807, 2.05) is 25.1 Å². The Morgan fingerprint density at radius 1 is 1.26 bits per heavy atom. The summed E-state index contributed by atoms with van der Waals surface area (Å²) in [6, 6.07) is 8.70. The summed E-state index contributed by atoms with van der Waals surface area (Å²) in [6.07, 6.45) is 0.989. The predicted octanol–water partition coefficient (Wildman–Crippen LogP) is 3.51. The van der Waals surface area contributed by atoms with Crippen LogP contribution in [0.2, 0.25) is 5.02 Å². The molecule has 9 heteroatoms. The second-order valence-electron chi connectivity index (χ2n) is 6.66. The lowest BCUT2D eigenvalue weighted by molar-refractivity contribution is -0.120. The highest BCUT2D eigenvalue weighted by Gasteiger charge is 2.32. The van der Waals surface area contributed by atoms with E-state index < -0.39 is 10.0 Å². The van der Waals surface area contributed by atoms with Gasteiger partial charge in [0.15, 0.2) is 0 Å². The van der Waals surface area contributed by atoms with Crippen LogP contribution in [0.4, 0.5) is 11.4 Å². The number of nitrogens with one attached hydrogen (secondary N) is 1. The third-order valence-corrected chi connectivity index (χ3v) is 8.12. The maximum atomic E-state index is 12.7. The predicted molar refractivity (Wildman–Crippen MR) is 110 cm³/mol. The van der Waals surface area contributed by atoms with Gasteiger partial charge in [0.2, 0.25) is 5.91 Å². The van der Waals surface area contributed by atoms with Gasteiger partial charge in [0.25, 0.3) is 10.0 Å². The summed E-state index contributed by atoms with van der Waals surface area (Å²) in [5.41, 5.74) is 1.52. The molecular formula is C18H22ClN3O3S2. The minimum absolute atomic E-state index is 0.103. The van der Waals surface area contributed by atoms with Gasteiger partial charge in [0.1, 0.15) is 4.21 Å². The Morgan fingerprint density at radius 2 is 1.96 bits per heavy atom. The Morgan fingerprint density at radius 3 is 2.56 bits per heavy atom. The number of hydrogen-bond acceptors (Lipinski definition) is 5. The summed E-state index contributed by atoms with van der Waals surface area (Å²) < 4.78 is 27.0. The third-order valence-electron chi connectivity index (χ3n) is 4.61. The fourth-order valence-corrected chi connectivity index (χ4v) is 5.92. The minimum atomic E-state index is -3.45. The number of amides is 1. The van der Waals surface area contributed by atoms with Crippen molar-refractivity contribution in [3.05, 3.63) is 40.7 Å². The quantitative estimate of drug-likeness (QED) is 0.792. The fraction of sp³-hybridized carbons (Fsp3) is 0.389. The molecule has 1 saturated heterocycles. The fourth-order valence-electron chi connectivity index (χ4n) is 3.13. The molecule has 0 bridgehead atoms. The Balaban J connectivity index is 1.65. The van der Waals surface area contributed by atoms with E-state index in [-0.39, 0.29) is 11.8 Å². The molecule has 0 spiro atoms. The van der Waals surface area contributed by atoms with Gasteiger partial charge in [0, 0.05) is 38.1 Å². The van der Waals surface area contributed by atoms with Crippen LogP contribution in [-0.4, -0.2) is 45.8 Å². The van der Waals surface area contributed by atoms with Crippen molar-refractivity contribution < 1.29 is 13.2 Å². The Kier molecular flexibility index (Phi) is 6.10. The number of halogens is 1. The van der Waals surface area contributed by atoms with Gasteiger partial charge in [-0.05, 0) is 42.5 Å². The number of nitrogens with zero attached hydrogens (tertiary/aromatic N) is 2. The van der Waals surface area contributed by atoms with Gasteiger partial charge >= 0.3 is 0 Å². The molecule has 1 fully saturated rings. The van der Waals surface area contributed by atoms with E-state index in [1.165, 1.54) is 15.6 Å². The first-order chi connectivity index (χ1) is 12.8. The van der Waals surface area contributed by atoms with Gasteiger partial charge in [-0.25, -0.2) is 8.42 Å². The van der Waals surface area contributed by atoms with E-state index >= 15 is 0 Å². The van der Waals surface area contributed by atoms with E-state index in [4.69, 9.17) is 11.6 Å². The van der Waals surface area contributed by atoms with Crippen molar-refractivity contribution in [3.63, 3.8) is 0 Å². The zero-order valence-corrected chi connectivity index (χ0v) is 17.6. The molecule has 2 heterocycles. The lowest BCUT2D eigenvalue weighted by atomic mass is 9.97. The van der Waals surface area contributed by atoms with Crippen LogP contribution in [0.1, 0.15) is 12.8 Å². The molecule has 0 saturated carbocycles. The van der Waals surface area contributed by atoms with Crippen LogP contribution in [0.25, 0.3) is 0 Å².